The number of nitrogens with one attached hydrogen (secondary N) is 1. The predicted molar refractivity (Wildman–Crippen MR) is 69.0 cm³/mol. The third-order valence-corrected chi connectivity index (χ3v) is 4.18. The summed E-state index contributed by atoms with van der Waals surface area (Å²) in [4.78, 5) is 0. The lowest BCUT2D eigenvalue weighted by Gasteiger charge is -2.27. The number of benzene rings is 1. The molecule has 0 radical (unpaired) electrons. The van der Waals surface area contributed by atoms with Crippen molar-refractivity contribution in [2.45, 2.75) is 38.3 Å². The molecule has 0 amide bonds. The lowest BCUT2D eigenvalue weighted by molar-refractivity contribution is 0.0790. The Morgan fingerprint density at radius 1 is 1.41 bits per heavy atom. The van der Waals surface area contributed by atoms with Gasteiger partial charge < -0.3 is 10.1 Å². The van der Waals surface area contributed by atoms with Crippen molar-refractivity contribution in [1.82, 2.24) is 5.32 Å². The molecule has 1 aliphatic heterocycles. The van der Waals surface area contributed by atoms with Crippen molar-refractivity contribution in [3.63, 3.8) is 0 Å². The van der Waals surface area contributed by atoms with Crippen LogP contribution in [0.15, 0.2) is 24.3 Å². The molecule has 1 aromatic carbocycles. The van der Waals surface area contributed by atoms with E-state index in [0.717, 1.165) is 25.7 Å². The van der Waals surface area contributed by atoms with Crippen LogP contribution in [0.2, 0.25) is 0 Å². The Labute approximate surface area is 103 Å². The van der Waals surface area contributed by atoms with E-state index in [1.807, 2.05) is 0 Å². The molecule has 17 heavy (non-hydrogen) atoms. The standard InChI is InChI=1S/C15H21NO/c1-11(2)16-8-13-7-15(13)10-17-9-12-5-3-4-6-14(12)15/h3-6,11,13,16H,7-10H2,1-2H3. The topological polar surface area (TPSA) is 21.3 Å². The van der Waals surface area contributed by atoms with E-state index < -0.39 is 0 Å². The van der Waals surface area contributed by atoms with Crippen LogP contribution in [0.1, 0.15) is 31.4 Å². The maximum absolute atomic E-state index is 5.78. The molecule has 3 rings (SSSR count). The van der Waals surface area contributed by atoms with Crippen LogP contribution in [0.3, 0.4) is 0 Å². The fourth-order valence-electron chi connectivity index (χ4n) is 3.09. The molecular weight excluding hydrogens is 210 g/mol. The molecule has 92 valence electrons. The van der Waals surface area contributed by atoms with Crippen LogP contribution in [0.5, 0.6) is 0 Å². The highest BCUT2D eigenvalue weighted by Gasteiger charge is 2.56. The van der Waals surface area contributed by atoms with E-state index in [1.165, 1.54) is 12.0 Å². The number of ether oxygens (including phenoxy) is 1. The highest BCUT2D eigenvalue weighted by molar-refractivity contribution is 5.41. The van der Waals surface area contributed by atoms with Crippen molar-refractivity contribution in [1.29, 1.82) is 0 Å². The van der Waals surface area contributed by atoms with Gasteiger partial charge in [0.05, 0.1) is 13.2 Å². The van der Waals surface area contributed by atoms with Crippen LogP contribution < -0.4 is 5.32 Å². The van der Waals surface area contributed by atoms with Crippen molar-refractivity contribution < 1.29 is 4.74 Å². The zero-order valence-corrected chi connectivity index (χ0v) is 10.7. The SMILES string of the molecule is CC(C)NCC1CC12COCc1ccccc12. The van der Waals surface area contributed by atoms with E-state index >= 15 is 0 Å². The zero-order chi connectivity index (χ0) is 11.9. The summed E-state index contributed by atoms with van der Waals surface area (Å²) >= 11 is 0. The summed E-state index contributed by atoms with van der Waals surface area (Å²) < 4.78 is 5.78. The molecule has 0 bridgehead atoms. The van der Waals surface area contributed by atoms with Crippen LogP contribution in [-0.4, -0.2) is 19.2 Å². The van der Waals surface area contributed by atoms with Crippen molar-refractivity contribution >= 4 is 0 Å². The first-order valence-corrected chi connectivity index (χ1v) is 6.62. The van der Waals surface area contributed by atoms with Gasteiger partial charge in [-0.05, 0) is 30.0 Å². The molecule has 1 spiro atoms. The molecule has 2 unspecified atom stereocenters. The Kier molecular flexibility index (Phi) is 2.72. The Hall–Kier alpha value is -0.860. The smallest absolute Gasteiger partial charge is 0.0720 e. The third-order valence-electron chi connectivity index (χ3n) is 4.18. The minimum absolute atomic E-state index is 0.330. The first-order valence-electron chi connectivity index (χ1n) is 6.62. The van der Waals surface area contributed by atoms with Gasteiger partial charge in [-0.1, -0.05) is 38.1 Å². The van der Waals surface area contributed by atoms with E-state index in [4.69, 9.17) is 4.74 Å². The predicted octanol–water partition coefficient (Wildman–Crippen LogP) is 2.47. The van der Waals surface area contributed by atoms with Gasteiger partial charge in [0.15, 0.2) is 0 Å². The largest absolute Gasteiger partial charge is 0.376 e. The molecule has 2 atom stereocenters. The Balaban J connectivity index is 1.78. The molecule has 2 nitrogen and oxygen atoms in total. The van der Waals surface area contributed by atoms with Crippen LogP contribution >= 0.6 is 0 Å². The van der Waals surface area contributed by atoms with Gasteiger partial charge in [0, 0.05) is 11.5 Å². The van der Waals surface area contributed by atoms with Crippen molar-refractivity contribution in [3.8, 4) is 0 Å². The second kappa shape index (κ2) is 4.11. The van der Waals surface area contributed by atoms with Gasteiger partial charge in [0.2, 0.25) is 0 Å². The Bertz CT molecular complexity index is 415. The van der Waals surface area contributed by atoms with Gasteiger partial charge >= 0.3 is 0 Å². The van der Waals surface area contributed by atoms with E-state index in [1.54, 1.807) is 5.56 Å². The first kappa shape index (κ1) is 11.2. The molecule has 1 saturated carbocycles. The molecule has 2 aliphatic rings. The quantitative estimate of drug-likeness (QED) is 0.863. The van der Waals surface area contributed by atoms with Crippen LogP contribution in [-0.2, 0) is 16.8 Å². The van der Waals surface area contributed by atoms with Gasteiger partial charge in [-0.15, -0.1) is 0 Å². The Morgan fingerprint density at radius 3 is 3.06 bits per heavy atom. The fourth-order valence-corrected chi connectivity index (χ4v) is 3.09. The average molecular weight is 231 g/mol. The minimum atomic E-state index is 0.330. The normalized spacial score (nSPS) is 30.6. The lowest BCUT2D eigenvalue weighted by Crippen LogP contribution is -2.31. The molecule has 2 heteroatoms. The number of hydrogen-bond donors (Lipinski definition) is 1. The maximum Gasteiger partial charge on any atom is 0.0720 e. The first-order chi connectivity index (χ1) is 8.22. The highest BCUT2D eigenvalue weighted by Crippen LogP contribution is 2.56. The summed E-state index contributed by atoms with van der Waals surface area (Å²) in [7, 11) is 0. The van der Waals surface area contributed by atoms with E-state index in [-0.39, 0.29) is 0 Å². The second-order valence-corrected chi connectivity index (χ2v) is 5.77. The zero-order valence-electron chi connectivity index (χ0n) is 10.7. The highest BCUT2D eigenvalue weighted by atomic mass is 16.5. The second-order valence-electron chi connectivity index (χ2n) is 5.77. The maximum atomic E-state index is 5.78. The van der Waals surface area contributed by atoms with Crippen molar-refractivity contribution in [2.24, 2.45) is 5.92 Å². The molecule has 1 N–H and O–H groups in total. The molecule has 0 saturated heterocycles. The number of rotatable bonds is 3. The summed E-state index contributed by atoms with van der Waals surface area (Å²) in [6.07, 6.45) is 1.28. The van der Waals surface area contributed by atoms with Gasteiger partial charge in [-0.25, -0.2) is 0 Å². The summed E-state index contributed by atoms with van der Waals surface area (Å²) in [5, 5.41) is 3.55. The van der Waals surface area contributed by atoms with E-state index in [2.05, 4.69) is 43.4 Å². The summed E-state index contributed by atoms with van der Waals surface area (Å²) in [5.74, 6) is 0.756. The third kappa shape index (κ3) is 1.90. The van der Waals surface area contributed by atoms with Crippen LogP contribution in [0.4, 0.5) is 0 Å². The van der Waals surface area contributed by atoms with Crippen molar-refractivity contribution in [3.05, 3.63) is 35.4 Å². The summed E-state index contributed by atoms with van der Waals surface area (Å²) in [5.41, 5.74) is 3.27. The van der Waals surface area contributed by atoms with E-state index in [0.29, 0.717) is 11.5 Å². The molecule has 0 aromatic heterocycles. The van der Waals surface area contributed by atoms with Crippen LogP contribution in [0.25, 0.3) is 0 Å². The molecule has 1 fully saturated rings. The number of hydrogen-bond acceptors (Lipinski definition) is 2. The van der Waals surface area contributed by atoms with Crippen molar-refractivity contribution in [2.75, 3.05) is 13.2 Å². The monoisotopic (exact) mass is 231 g/mol. The Morgan fingerprint density at radius 2 is 2.24 bits per heavy atom. The lowest BCUT2D eigenvalue weighted by atomic mass is 9.88. The minimum Gasteiger partial charge on any atom is -0.376 e. The average Bonchev–Trinajstić information content (AvgIpc) is 3.01. The van der Waals surface area contributed by atoms with Gasteiger partial charge in [0.1, 0.15) is 0 Å². The van der Waals surface area contributed by atoms with E-state index in [9.17, 15) is 0 Å². The van der Waals surface area contributed by atoms with Gasteiger partial charge in [-0.3, -0.25) is 0 Å². The summed E-state index contributed by atoms with van der Waals surface area (Å²) in [6.45, 7) is 7.24. The molecule has 1 heterocycles. The van der Waals surface area contributed by atoms with Gasteiger partial charge in [0.25, 0.3) is 0 Å². The fraction of sp³-hybridized carbons (Fsp3) is 0.600. The van der Waals surface area contributed by atoms with Crippen LogP contribution in [0, 0.1) is 5.92 Å². The van der Waals surface area contributed by atoms with Gasteiger partial charge in [-0.2, -0.15) is 0 Å². The molecule has 1 aromatic rings. The summed E-state index contributed by atoms with van der Waals surface area (Å²) in [6, 6.07) is 9.36. The number of fused-ring (bicyclic) bond motifs is 2. The molecule has 1 aliphatic carbocycles. The molecular formula is C15H21NO.